The maximum atomic E-state index is 16.0. The fourth-order valence-electron chi connectivity index (χ4n) is 4.89. The van der Waals surface area contributed by atoms with Crippen LogP contribution in [0.25, 0.3) is 0 Å². The van der Waals surface area contributed by atoms with Gasteiger partial charge in [-0.2, -0.15) is 158 Å². The minimum atomic E-state index is -12.3. The Kier molecular flexibility index (Phi) is 9.97. The summed E-state index contributed by atoms with van der Waals surface area (Å²) in [5.74, 6) is -193. The summed E-state index contributed by atoms with van der Waals surface area (Å²) in [5, 5.41) is 0. The lowest BCUT2D eigenvalue weighted by atomic mass is 9.60. The second kappa shape index (κ2) is 11.2. The van der Waals surface area contributed by atoms with Crippen LogP contribution in [-0.2, 0) is 0 Å². The Bertz CT molecular complexity index is 1410. The lowest BCUT2D eigenvalue weighted by molar-refractivity contribution is -0.537. The first-order chi connectivity index (χ1) is 24.2. The molecule has 38 heteroatoms. The van der Waals surface area contributed by atoms with Crippen LogP contribution in [0.2, 0.25) is 0 Å². The summed E-state index contributed by atoms with van der Waals surface area (Å²) in [4.78, 5) is 0. The Morgan fingerprint density at radius 3 is 0.207 bits per heavy atom. The van der Waals surface area contributed by atoms with Gasteiger partial charge in [0.25, 0.3) is 11.3 Å². The molecule has 2 aliphatic rings. The number of rotatable bonds is 1. The van der Waals surface area contributed by atoms with Crippen LogP contribution in [0.3, 0.4) is 0 Å². The summed E-state index contributed by atoms with van der Waals surface area (Å²) in [6, 6.07) is 0. The molecule has 0 unspecified atom stereocenters. The first kappa shape index (κ1) is 51.5. The van der Waals surface area contributed by atoms with E-state index in [0.29, 0.717) is 0 Å². The van der Waals surface area contributed by atoms with E-state index in [0.717, 1.165) is 0 Å². The fraction of sp³-hybridized carbons (Fsp3) is 1.00. The molecule has 58 heavy (non-hydrogen) atoms. The van der Waals surface area contributed by atoms with Gasteiger partial charge in [-0.1, -0.05) is 0 Å². The fourth-order valence-corrected chi connectivity index (χ4v) is 4.89. The quantitative estimate of drug-likeness (QED) is 0.230. The molecule has 2 fully saturated rings. The van der Waals surface area contributed by atoms with E-state index in [1.54, 1.807) is 0 Å². The molecule has 0 aromatic heterocycles. The lowest BCUT2D eigenvalue weighted by Gasteiger charge is -2.58. The van der Waals surface area contributed by atoms with E-state index in [1.807, 2.05) is 0 Å². The standard InChI is InChI=1S/C20F38/c21-1(3(23,24)7(31,32)11(39,40)15(47,48)19(55,56)16(49,50)12(41,42)8(33,34)4(1,25)26)2(22)5(27,28)9(35,36)13(43,44)17(51,52)20(57,58)18(53,54)14(45,46)10(37,38)6(2,29)30. The van der Waals surface area contributed by atoms with Crippen LogP contribution < -0.4 is 0 Å². The Balaban J connectivity index is 3.88. The van der Waals surface area contributed by atoms with Gasteiger partial charge < -0.3 is 0 Å². The highest BCUT2D eigenvalue weighted by atomic mass is 19.4. The molecule has 0 heterocycles. The summed E-state index contributed by atoms with van der Waals surface area (Å²) in [7, 11) is 0. The van der Waals surface area contributed by atoms with Crippen LogP contribution >= 0.6 is 0 Å². The highest BCUT2D eigenvalue weighted by molar-refractivity contribution is 5.38. The second-order valence-electron chi connectivity index (χ2n) is 11.7. The van der Waals surface area contributed by atoms with Gasteiger partial charge in [0.15, 0.2) is 0 Å². The Morgan fingerprint density at radius 2 is 0.138 bits per heavy atom. The number of alkyl halides is 38. The smallest absolute Gasteiger partial charge is 0.226 e. The zero-order chi connectivity index (χ0) is 48.0. The van der Waals surface area contributed by atoms with Gasteiger partial charge in [0.2, 0.25) is 0 Å². The minimum Gasteiger partial charge on any atom is -0.226 e. The predicted molar refractivity (Wildman–Crippen MR) is 96.7 cm³/mol. The summed E-state index contributed by atoms with van der Waals surface area (Å²) in [6.45, 7) is 0. The average Bonchev–Trinajstić information content (AvgIpc) is 3.00. The largest absolute Gasteiger partial charge is 0.385 e. The van der Waals surface area contributed by atoms with E-state index >= 15 is 8.78 Å². The predicted octanol–water partition coefficient (Wildman–Crippen LogP) is 11.9. The van der Waals surface area contributed by atoms with E-state index < -0.39 is 118 Å². The van der Waals surface area contributed by atoms with Gasteiger partial charge in [0.1, 0.15) is 0 Å². The van der Waals surface area contributed by atoms with E-state index in [9.17, 15) is 158 Å². The average molecular weight is 962 g/mol. The lowest BCUT2D eigenvalue weighted by Crippen LogP contribution is -2.93. The molecular formula is C20F38. The summed E-state index contributed by atoms with van der Waals surface area (Å²) in [5.41, 5.74) is -24.5. The van der Waals surface area contributed by atoms with Crippen LogP contribution in [0.4, 0.5) is 167 Å². The van der Waals surface area contributed by atoms with Crippen molar-refractivity contribution < 1.29 is 167 Å². The third-order valence-corrected chi connectivity index (χ3v) is 8.51. The highest BCUT2D eigenvalue weighted by Gasteiger charge is 3.12. The van der Waals surface area contributed by atoms with Gasteiger partial charge in [-0.15, -0.1) is 0 Å². The zero-order valence-electron chi connectivity index (χ0n) is 24.4. The molecule has 0 spiro atoms. The van der Waals surface area contributed by atoms with Crippen molar-refractivity contribution in [2.24, 2.45) is 0 Å². The van der Waals surface area contributed by atoms with Gasteiger partial charge in [0.05, 0.1) is 0 Å². The maximum absolute atomic E-state index is 16.0. The Hall–Kier alpha value is -2.66. The molecule has 0 saturated heterocycles. The monoisotopic (exact) mass is 962 g/mol. The second-order valence-corrected chi connectivity index (χ2v) is 11.7. The van der Waals surface area contributed by atoms with Crippen molar-refractivity contribution in [2.45, 2.75) is 118 Å². The molecule has 0 nitrogen and oxygen atoms in total. The van der Waals surface area contributed by atoms with Crippen molar-refractivity contribution in [3.8, 4) is 0 Å². The molecule has 2 rings (SSSR count). The molecule has 346 valence electrons. The van der Waals surface area contributed by atoms with E-state index in [1.165, 1.54) is 0 Å². The highest BCUT2D eigenvalue weighted by Crippen LogP contribution is 2.79. The van der Waals surface area contributed by atoms with Gasteiger partial charge in [0, 0.05) is 0 Å². The minimum absolute atomic E-state index is 9.98. The molecule has 0 atom stereocenters. The molecule has 0 radical (unpaired) electrons. The molecular weight excluding hydrogens is 962 g/mol. The van der Waals surface area contributed by atoms with E-state index in [2.05, 4.69) is 0 Å². The maximum Gasteiger partial charge on any atom is 0.385 e. The number of hydrogen-bond acceptors (Lipinski definition) is 0. The van der Waals surface area contributed by atoms with Crippen LogP contribution in [0.1, 0.15) is 0 Å². The van der Waals surface area contributed by atoms with Gasteiger partial charge in [-0.3, -0.25) is 0 Å². The van der Waals surface area contributed by atoms with Crippen molar-refractivity contribution in [1.29, 1.82) is 0 Å². The van der Waals surface area contributed by atoms with Crippen LogP contribution in [0.15, 0.2) is 0 Å². The van der Waals surface area contributed by atoms with Gasteiger partial charge >= 0.3 is 107 Å². The van der Waals surface area contributed by atoms with Crippen molar-refractivity contribution in [2.75, 3.05) is 0 Å². The van der Waals surface area contributed by atoms with Gasteiger partial charge in [-0.25, -0.2) is 8.78 Å². The van der Waals surface area contributed by atoms with E-state index in [4.69, 9.17) is 0 Å². The molecule has 0 aromatic rings. The SMILES string of the molecule is FC1(F)C(F)(F)C(F)(F)C(F)(F)C(F)(F)C(F)(C2(F)C(F)(F)C(F)(F)C(F)(F)C(F)(F)C(F)(F)C(F)(F)C(F)(F)C(F)(F)C2(F)F)C(F)(F)C(F)(F)C(F)(F)C1(F)F. The number of hydrogen-bond donors (Lipinski definition) is 0. The van der Waals surface area contributed by atoms with Crippen LogP contribution in [-0.4, -0.2) is 118 Å². The van der Waals surface area contributed by atoms with Crippen LogP contribution in [0, 0.1) is 0 Å². The topological polar surface area (TPSA) is 0 Å². The molecule has 2 saturated carbocycles. The molecule has 2 aliphatic carbocycles. The normalized spacial score (nSPS) is 35.1. The molecule has 0 N–H and O–H groups in total. The Morgan fingerprint density at radius 1 is 0.0862 bits per heavy atom. The summed E-state index contributed by atoms with van der Waals surface area (Å²) < 4.78 is 546. The Labute approximate surface area is 286 Å². The molecule has 0 aliphatic heterocycles. The van der Waals surface area contributed by atoms with E-state index in [-0.39, 0.29) is 0 Å². The van der Waals surface area contributed by atoms with Crippen molar-refractivity contribution >= 4 is 0 Å². The third-order valence-electron chi connectivity index (χ3n) is 8.51. The third kappa shape index (κ3) is 4.21. The summed E-state index contributed by atoms with van der Waals surface area (Å²) >= 11 is 0. The summed E-state index contributed by atoms with van der Waals surface area (Å²) in [6.07, 6.45) is 0. The molecule has 0 amide bonds. The van der Waals surface area contributed by atoms with Gasteiger partial charge in [-0.05, 0) is 0 Å². The van der Waals surface area contributed by atoms with Crippen molar-refractivity contribution in [1.82, 2.24) is 0 Å². The first-order valence-corrected chi connectivity index (χ1v) is 12.4. The first-order valence-electron chi connectivity index (χ1n) is 12.4. The molecule has 0 bridgehead atoms. The van der Waals surface area contributed by atoms with Crippen molar-refractivity contribution in [3.05, 3.63) is 0 Å². The molecule has 0 aromatic carbocycles. The zero-order valence-corrected chi connectivity index (χ0v) is 24.4. The number of halogens is 38. The van der Waals surface area contributed by atoms with Crippen molar-refractivity contribution in [3.63, 3.8) is 0 Å². The van der Waals surface area contributed by atoms with Crippen LogP contribution in [0.5, 0.6) is 0 Å².